The molecule has 0 aliphatic carbocycles. The molecule has 0 unspecified atom stereocenters. The lowest BCUT2D eigenvalue weighted by atomic mass is 9.94. The Morgan fingerprint density at radius 3 is 1.05 bits per heavy atom. The van der Waals surface area contributed by atoms with Crippen molar-refractivity contribution in [1.29, 1.82) is 0 Å². The van der Waals surface area contributed by atoms with Gasteiger partial charge in [-0.3, -0.25) is 0 Å². The first-order valence-electron chi connectivity index (χ1n) is 22.2. The molecule has 11 aromatic carbocycles. The van der Waals surface area contributed by atoms with Crippen molar-refractivity contribution in [1.82, 2.24) is 0 Å². The first-order valence-corrected chi connectivity index (χ1v) is 22.2. The number of fused-ring (bicyclic) bond motifs is 10. The summed E-state index contributed by atoms with van der Waals surface area (Å²) in [6, 6.07) is 84.6. The number of hydrogen-bond donors (Lipinski definition) is 0. The van der Waals surface area contributed by atoms with Crippen molar-refractivity contribution in [2.75, 3.05) is 4.90 Å². The zero-order valence-electron chi connectivity index (χ0n) is 35.3. The molecular weight excluding hydrogens is 791 g/mol. The lowest BCUT2D eigenvalue weighted by Gasteiger charge is -2.30. The maximum absolute atomic E-state index is 6.79. The van der Waals surface area contributed by atoms with Crippen molar-refractivity contribution in [3.63, 3.8) is 0 Å². The average molecular weight is 830 g/mol. The van der Waals surface area contributed by atoms with E-state index < -0.39 is 0 Å². The monoisotopic (exact) mass is 829 g/mol. The zero-order valence-corrected chi connectivity index (χ0v) is 35.3. The van der Waals surface area contributed by atoms with Gasteiger partial charge in [0.15, 0.2) is 0 Å². The minimum Gasteiger partial charge on any atom is -0.455 e. The van der Waals surface area contributed by atoms with E-state index in [2.05, 4.69) is 241 Å². The van der Waals surface area contributed by atoms with E-state index in [0.717, 1.165) is 116 Å². The standard InChI is InChI=1S/C62H39NO2/c1-3-14-40(15-4-1)48-22-11-23-49(41-16-5-2-6-17-41)58(48)63(46-34-28-44(29-35-46)52-24-12-26-54-56-38-32-42-18-7-9-20-50(42)61(56)64-59(52)54)47-36-30-45(31-37-47)53-25-13-27-55-57-39-33-43-19-8-10-21-51(43)62(57)65-60(53)55/h1-39H. The molecule has 0 radical (unpaired) electrons. The summed E-state index contributed by atoms with van der Waals surface area (Å²) in [5, 5.41) is 9.07. The molecular formula is C62H39NO2. The van der Waals surface area contributed by atoms with Crippen LogP contribution in [0, 0.1) is 0 Å². The van der Waals surface area contributed by atoms with Crippen molar-refractivity contribution >= 4 is 82.5 Å². The van der Waals surface area contributed by atoms with E-state index in [-0.39, 0.29) is 0 Å². The third-order valence-corrected chi connectivity index (χ3v) is 13.1. The molecule has 3 nitrogen and oxygen atoms in total. The topological polar surface area (TPSA) is 29.5 Å². The number of para-hydroxylation sites is 3. The predicted octanol–water partition coefficient (Wildman–Crippen LogP) is 17.9. The largest absolute Gasteiger partial charge is 0.455 e. The maximum atomic E-state index is 6.79. The highest BCUT2D eigenvalue weighted by Gasteiger charge is 2.23. The summed E-state index contributed by atoms with van der Waals surface area (Å²) in [6.45, 7) is 0. The fraction of sp³-hybridized carbons (Fsp3) is 0. The molecule has 65 heavy (non-hydrogen) atoms. The Bertz CT molecular complexity index is 3670. The van der Waals surface area contributed by atoms with Gasteiger partial charge in [0.05, 0.1) is 5.69 Å². The van der Waals surface area contributed by atoms with E-state index in [1.165, 1.54) is 10.8 Å². The van der Waals surface area contributed by atoms with E-state index in [0.29, 0.717) is 0 Å². The van der Waals surface area contributed by atoms with Crippen molar-refractivity contribution in [2.24, 2.45) is 0 Å². The molecule has 13 aromatic rings. The van der Waals surface area contributed by atoms with E-state index in [9.17, 15) is 0 Å². The number of hydrogen-bond acceptors (Lipinski definition) is 3. The van der Waals surface area contributed by atoms with Gasteiger partial charge in [-0.25, -0.2) is 0 Å². The summed E-state index contributed by atoms with van der Waals surface area (Å²) >= 11 is 0. The summed E-state index contributed by atoms with van der Waals surface area (Å²) in [7, 11) is 0. The Kier molecular flexibility index (Phi) is 8.53. The van der Waals surface area contributed by atoms with Crippen LogP contribution in [0.1, 0.15) is 0 Å². The highest BCUT2D eigenvalue weighted by Crippen LogP contribution is 2.48. The summed E-state index contributed by atoms with van der Waals surface area (Å²) in [5.74, 6) is 0. The smallest absolute Gasteiger partial charge is 0.143 e. The van der Waals surface area contributed by atoms with Crippen LogP contribution in [0.15, 0.2) is 245 Å². The van der Waals surface area contributed by atoms with Gasteiger partial charge in [0, 0.05) is 65.9 Å². The summed E-state index contributed by atoms with van der Waals surface area (Å²) in [5.41, 5.74) is 15.7. The molecule has 2 aromatic heterocycles. The SMILES string of the molecule is c1ccc(-c2cccc(-c3ccccc3)c2N(c2ccc(-c3cccc4c3oc3c5ccccc5ccc43)cc2)c2ccc(-c3cccc4c3oc3c5ccccc5ccc43)cc2)cc1. The molecule has 0 amide bonds. The summed E-state index contributed by atoms with van der Waals surface area (Å²) in [4.78, 5) is 2.42. The Balaban J connectivity index is 0.985. The quantitative estimate of drug-likeness (QED) is 0.160. The molecule has 2 heterocycles. The molecule has 0 bridgehead atoms. The van der Waals surface area contributed by atoms with Gasteiger partial charge in [0.1, 0.15) is 22.3 Å². The molecule has 0 aliphatic heterocycles. The summed E-state index contributed by atoms with van der Waals surface area (Å²) < 4.78 is 13.6. The molecule has 0 spiro atoms. The Morgan fingerprint density at radius 1 is 0.231 bits per heavy atom. The van der Waals surface area contributed by atoms with Crippen LogP contribution >= 0.6 is 0 Å². The second-order valence-corrected chi connectivity index (χ2v) is 16.8. The lowest BCUT2D eigenvalue weighted by Crippen LogP contribution is -2.12. The Morgan fingerprint density at radius 2 is 0.585 bits per heavy atom. The average Bonchev–Trinajstić information content (AvgIpc) is 3.97. The number of furan rings is 2. The normalized spacial score (nSPS) is 11.7. The molecule has 0 atom stereocenters. The molecule has 0 aliphatic rings. The van der Waals surface area contributed by atoms with Crippen LogP contribution in [-0.4, -0.2) is 0 Å². The molecule has 0 saturated carbocycles. The van der Waals surface area contributed by atoms with E-state index in [4.69, 9.17) is 8.83 Å². The van der Waals surface area contributed by atoms with Crippen LogP contribution in [0.5, 0.6) is 0 Å². The zero-order chi connectivity index (χ0) is 42.8. The van der Waals surface area contributed by atoms with Crippen LogP contribution in [-0.2, 0) is 0 Å². The molecule has 0 N–H and O–H groups in total. The second kappa shape index (κ2) is 15.0. The minimum absolute atomic E-state index is 0.896. The molecule has 3 heteroatoms. The number of benzene rings is 11. The molecule has 13 rings (SSSR count). The van der Waals surface area contributed by atoms with Crippen LogP contribution in [0.25, 0.3) is 110 Å². The van der Waals surface area contributed by atoms with Gasteiger partial charge in [-0.05, 0) is 69.4 Å². The molecule has 0 saturated heterocycles. The highest BCUT2D eigenvalue weighted by atomic mass is 16.3. The third-order valence-electron chi connectivity index (χ3n) is 13.1. The van der Waals surface area contributed by atoms with Crippen molar-refractivity contribution < 1.29 is 8.83 Å². The van der Waals surface area contributed by atoms with Crippen molar-refractivity contribution in [2.45, 2.75) is 0 Å². The van der Waals surface area contributed by atoms with Gasteiger partial charge in [0.2, 0.25) is 0 Å². The van der Waals surface area contributed by atoms with Crippen molar-refractivity contribution in [3.05, 3.63) is 237 Å². The second-order valence-electron chi connectivity index (χ2n) is 16.8. The highest BCUT2D eigenvalue weighted by molar-refractivity contribution is 6.18. The van der Waals surface area contributed by atoms with Gasteiger partial charge < -0.3 is 13.7 Å². The van der Waals surface area contributed by atoms with Gasteiger partial charge in [-0.2, -0.15) is 0 Å². The van der Waals surface area contributed by atoms with Crippen LogP contribution in [0.4, 0.5) is 17.1 Å². The maximum Gasteiger partial charge on any atom is 0.143 e. The lowest BCUT2D eigenvalue weighted by molar-refractivity contribution is 0.673. The fourth-order valence-corrected chi connectivity index (χ4v) is 9.98. The molecule has 0 fully saturated rings. The van der Waals surface area contributed by atoms with E-state index in [1.54, 1.807) is 0 Å². The number of nitrogens with zero attached hydrogens (tertiary/aromatic N) is 1. The third kappa shape index (κ3) is 6.05. The number of anilines is 3. The van der Waals surface area contributed by atoms with Crippen LogP contribution < -0.4 is 4.90 Å². The predicted molar refractivity (Wildman–Crippen MR) is 272 cm³/mol. The van der Waals surface area contributed by atoms with Gasteiger partial charge in [-0.1, -0.05) is 200 Å². The minimum atomic E-state index is 0.896. The number of rotatable bonds is 7. The van der Waals surface area contributed by atoms with Gasteiger partial charge >= 0.3 is 0 Å². The van der Waals surface area contributed by atoms with Crippen LogP contribution in [0.3, 0.4) is 0 Å². The van der Waals surface area contributed by atoms with E-state index >= 15 is 0 Å². The first-order chi connectivity index (χ1) is 32.2. The van der Waals surface area contributed by atoms with Crippen molar-refractivity contribution in [3.8, 4) is 44.5 Å². The van der Waals surface area contributed by atoms with E-state index in [1.807, 2.05) is 0 Å². The fourth-order valence-electron chi connectivity index (χ4n) is 9.98. The van der Waals surface area contributed by atoms with Gasteiger partial charge in [0.25, 0.3) is 0 Å². The molecule has 304 valence electrons. The first kappa shape index (κ1) is 36.9. The Labute approximate surface area is 375 Å². The Hall–Kier alpha value is -8.66. The van der Waals surface area contributed by atoms with Crippen LogP contribution in [0.2, 0.25) is 0 Å². The van der Waals surface area contributed by atoms with Gasteiger partial charge in [-0.15, -0.1) is 0 Å². The summed E-state index contributed by atoms with van der Waals surface area (Å²) in [6.07, 6.45) is 0.